The van der Waals surface area contributed by atoms with Crippen molar-refractivity contribution in [3.8, 4) is 0 Å². The Morgan fingerprint density at radius 3 is 2.32 bits per heavy atom. The molecule has 0 saturated carbocycles. The third-order valence-corrected chi connectivity index (χ3v) is 5.15. The van der Waals surface area contributed by atoms with Crippen LogP contribution in [0.3, 0.4) is 0 Å². The van der Waals surface area contributed by atoms with Gasteiger partial charge in [0.2, 0.25) is 0 Å². The maximum Gasteiger partial charge on any atom is 0.327 e. The van der Waals surface area contributed by atoms with Crippen molar-refractivity contribution < 1.29 is 23.9 Å². The Bertz CT molecular complexity index is 964. The molecule has 0 aliphatic carbocycles. The first-order chi connectivity index (χ1) is 14.8. The molecule has 0 radical (unpaired) electrons. The summed E-state index contributed by atoms with van der Waals surface area (Å²) in [5.41, 5.74) is 0.418. The quantitative estimate of drug-likeness (QED) is 0.497. The van der Waals surface area contributed by atoms with Gasteiger partial charge in [0.05, 0.1) is 0 Å². The van der Waals surface area contributed by atoms with E-state index in [2.05, 4.69) is 10.6 Å². The molecule has 2 aromatic rings. The second-order valence-electron chi connectivity index (χ2n) is 7.47. The van der Waals surface area contributed by atoms with Gasteiger partial charge in [0.1, 0.15) is 12.1 Å². The molecule has 0 unspecified atom stereocenters. The van der Waals surface area contributed by atoms with Gasteiger partial charge in [-0.15, -0.1) is 0 Å². The minimum absolute atomic E-state index is 0.396. The number of rotatable bonds is 8. The molecule has 1 aliphatic rings. The molecule has 2 atom stereocenters. The zero-order chi connectivity index (χ0) is 22.4. The Balaban J connectivity index is 1.51. The van der Waals surface area contributed by atoms with E-state index in [9.17, 15) is 19.2 Å². The van der Waals surface area contributed by atoms with Crippen molar-refractivity contribution in [3.05, 3.63) is 71.8 Å². The van der Waals surface area contributed by atoms with E-state index < -0.39 is 42.0 Å². The van der Waals surface area contributed by atoms with Crippen LogP contribution in [0.2, 0.25) is 0 Å². The average molecular weight is 423 g/mol. The predicted molar refractivity (Wildman–Crippen MR) is 113 cm³/mol. The number of ether oxygens (including phenoxy) is 1. The minimum atomic E-state index is -1.26. The number of urea groups is 1. The average Bonchev–Trinajstić information content (AvgIpc) is 2.99. The van der Waals surface area contributed by atoms with Gasteiger partial charge in [-0.05, 0) is 31.4 Å². The lowest BCUT2D eigenvalue weighted by Crippen LogP contribution is -2.43. The maximum atomic E-state index is 12.8. The van der Waals surface area contributed by atoms with Gasteiger partial charge in [-0.1, -0.05) is 60.7 Å². The van der Waals surface area contributed by atoms with E-state index in [0.717, 1.165) is 10.5 Å². The van der Waals surface area contributed by atoms with E-state index in [1.807, 2.05) is 30.3 Å². The third kappa shape index (κ3) is 5.09. The first kappa shape index (κ1) is 22.0. The zero-order valence-electron chi connectivity index (χ0n) is 17.5. The minimum Gasteiger partial charge on any atom is -0.451 e. The Kier molecular flexibility index (Phi) is 6.69. The monoisotopic (exact) mass is 423 g/mol. The topological polar surface area (TPSA) is 105 Å². The van der Waals surface area contributed by atoms with Gasteiger partial charge in [-0.25, -0.2) is 4.79 Å². The van der Waals surface area contributed by atoms with E-state index in [4.69, 9.17) is 4.74 Å². The fourth-order valence-corrected chi connectivity index (χ4v) is 3.34. The van der Waals surface area contributed by atoms with E-state index in [0.29, 0.717) is 18.5 Å². The van der Waals surface area contributed by atoms with Gasteiger partial charge < -0.3 is 15.4 Å². The molecular formula is C23H25N3O5. The standard InChI is InChI=1S/C23H25N3O5/c1-16(20(28)24-14-13-17-9-5-3-6-10-17)31-19(27)15-26-21(29)23(2,25-22(26)30)18-11-7-4-8-12-18/h3-12,16H,13-15H2,1-2H3,(H,24,28)(H,25,30)/t16-,23-/m1/s1. The van der Waals surface area contributed by atoms with Crippen molar-refractivity contribution in [3.63, 3.8) is 0 Å². The van der Waals surface area contributed by atoms with Crippen LogP contribution in [0, 0.1) is 0 Å². The van der Waals surface area contributed by atoms with Crippen LogP contribution < -0.4 is 10.6 Å². The van der Waals surface area contributed by atoms with Crippen LogP contribution >= 0.6 is 0 Å². The molecule has 0 spiro atoms. The van der Waals surface area contributed by atoms with Crippen LogP contribution in [-0.2, 0) is 31.1 Å². The van der Waals surface area contributed by atoms with Gasteiger partial charge in [-0.2, -0.15) is 0 Å². The lowest BCUT2D eigenvalue weighted by Gasteiger charge is -2.22. The largest absolute Gasteiger partial charge is 0.451 e. The number of imide groups is 1. The van der Waals surface area contributed by atoms with Crippen molar-refractivity contribution in [2.45, 2.75) is 31.9 Å². The molecule has 31 heavy (non-hydrogen) atoms. The normalized spacial score (nSPS) is 19.0. The van der Waals surface area contributed by atoms with Gasteiger partial charge in [0.25, 0.3) is 11.8 Å². The number of hydrogen-bond donors (Lipinski definition) is 2. The number of benzene rings is 2. The van der Waals surface area contributed by atoms with Crippen molar-refractivity contribution in [2.24, 2.45) is 0 Å². The Morgan fingerprint density at radius 1 is 1.06 bits per heavy atom. The fraction of sp³-hybridized carbons (Fsp3) is 0.304. The van der Waals surface area contributed by atoms with E-state index >= 15 is 0 Å². The lowest BCUT2D eigenvalue weighted by atomic mass is 9.92. The molecule has 4 amide bonds. The van der Waals surface area contributed by atoms with Crippen molar-refractivity contribution in [1.29, 1.82) is 0 Å². The van der Waals surface area contributed by atoms with Gasteiger partial charge in [0, 0.05) is 6.54 Å². The Hall–Kier alpha value is -3.68. The van der Waals surface area contributed by atoms with Crippen LogP contribution in [0.15, 0.2) is 60.7 Å². The highest BCUT2D eigenvalue weighted by molar-refractivity contribution is 6.08. The highest BCUT2D eigenvalue weighted by atomic mass is 16.5. The SMILES string of the molecule is C[C@@H](OC(=O)CN1C(=O)N[C@](C)(c2ccccc2)C1=O)C(=O)NCCc1ccccc1. The molecule has 8 nitrogen and oxygen atoms in total. The van der Waals surface area contributed by atoms with Crippen LogP contribution in [-0.4, -0.2) is 47.9 Å². The summed E-state index contributed by atoms with van der Waals surface area (Å²) < 4.78 is 5.12. The lowest BCUT2D eigenvalue weighted by molar-refractivity contribution is -0.156. The summed E-state index contributed by atoms with van der Waals surface area (Å²) in [6, 6.07) is 17.7. The van der Waals surface area contributed by atoms with Gasteiger partial charge in [-0.3, -0.25) is 19.3 Å². The van der Waals surface area contributed by atoms with Crippen LogP contribution in [0.1, 0.15) is 25.0 Å². The molecule has 2 N–H and O–H groups in total. The molecule has 162 valence electrons. The summed E-state index contributed by atoms with van der Waals surface area (Å²) in [6.07, 6.45) is -0.405. The first-order valence-corrected chi connectivity index (χ1v) is 10.0. The molecule has 1 fully saturated rings. The number of amides is 4. The molecule has 1 saturated heterocycles. The van der Waals surface area contributed by atoms with E-state index in [1.165, 1.54) is 6.92 Å². The molecule has 1 aliphatic heterocycles. The Morgan fingerprint density at radius 2 is 1.68 bits per heavy atom. The summed E-state index contributed by atoms with van der Waals surface area (Å²) in [6.45, 7) is 2.84. The number of carbonyl (C=O) groups is 4. The Labute approximate surface area is 180 Å². The highest BCUT2D eigenvalue weighted by Gasteiger charge is 2.49. The van der Waals surface area contributed by atoms with Gasteiger partial charge >= 0.3 is 12.0 Å². The van der Waals surface area contributed by atoms with E-state index in [1.54, 1.807) is 37.3 Å². The molecule has 0 aromatic heterocycles. The number of hydrogen-bond acceptors (Lipinski definition) is 5. The molecule has 1 heterocycles. The second-order valence-corrected chi connectivity index (χ2v) is 7.47. The smallest absolute Gasteiger partial charge is 0.327 e. The number of esters is 1. The van der Waals surface area contributed by atoms with Crippen molar-refractivity contribution in [1.82, 2.24) is 15.5 Å². The second kappa shape index (κ2) is 9.42. The molecule has 8 heteroatoms. The highest BCUT2D eigenvalue weighted by Crippen LogP contribution is 2.28. The van der Waals surface area contributed by atoms with Crippen molar-refractivity contribution in [2.75, 3.05) is 13.1 Å². The predicted octanol–water partition coefficient (Wildman–Crippen LogP) is 1.74. The zero-order valence-corrected chi connectivity index (χ0v) is 17.5. The van der Waals surface area contributed by atoms with E-state index in [-0.39, 0.29) is 0 Å². The summed E-state index contributed by atoms with van der Waals surface area (Å²) in [5.74, 6) is -1.84. The summed E-state index contributed by atoms with van der Waals surface area (Å²) in [4.78, 5) is 50.4. The third-order valence-electron chi connectivity index (χ3n) is 5.15. The molecule has 2 aromatic carbocycles. The summed E-state index contributed by atoms with van der Waals surface area (Å²) in [7, 11) is 0. The number of nitrogens with zero attached hydrogens (tertiary/aromatic N) is 1. The first-order valence-electron chi connectivity index (χ1n) is 10.0. The fourth-order valence-electron chi connectivity index (χ4n) is 3.34. The summed E-state index contributed by atoms with van der Waals surface area (Å²) >= 11 is 0. The van der Waals surface area contributed by atoms with Crippen LogP contribution in [0.4, 0.5) is 4.79 Å². The molecule has 3 rings (SSSR count). The van der Waals surface area contributed by atoms with Crippen molar-refractivity contribution >= 4 is 23.8 Å². The van der Waals surface area contributed by atoms with Crippen LogP contribution in [0.5, 0.6) is 0 Å². The van der Waals surface area contributed by atoms with Crippen LogP contribution in [0.25, 0.3) is 0 Å². The number of nitrogens with one attached hydrogen (secondary N) is 2. The molecular weight excluding hydrogens is 398 g/mol. The number of carbonyl (C=O) groups excluding carboxylic acids is 4. The summed E-state index contributed by atoms with van der Waals surface area (Å²) in [5, 5.41) is 5.33. The molecule has 0 bridgehead atoms. The van der Waals surface area contributed by atoms with Gasteiger partial charge in [0.15, 0.2) is 6.10 Å². The maximum absolute atomic E-state index is 12.8.